The van der Waals surface area contributed by atoms with Gasteiger partial charge in [0.2, 0.25) is 0 Å². The highest BCUT2D eigenvalue weighted by atomic mass is 16.1. The number of carbonyl (C=O) groups is 1. The van der Waals surface area contributed by atoms with Crippen LogP contribution in [0.3, 0.4) is 0 Å². The molecule has 0 atom stereocenters. The summed E-state index contributed by atoms with van der Waals surface area (Å²) in [6.45, 7) is 4.18. The molecule has 0 amide bonds. The first-order valence-electron chi connectivity index (χ1n) is 5.60. The Labute approximate surface area is 87.9 Å². The average molecular weight is 194 g/mol. The van der Waals surface area contributed by atoms with Crippen molar-refractivity contribution in [1.82, 2.24) is 0 Å². The summed E-state index contributed by atoms with van der Waals surface area (Å²) in [5, 5.41) is 0. The zero-order valence-corrected chi connectivity index (χ0v) is 9.46. The Kier molecular flexibility index (Phi) is 9.61. The number of hydrogen-bond donors (Lipinski definition) is 0. The van der Waals surface area contributed by atoms with Crippen LogP contribution in [-0.2, 0) is 4.79 Å². The Morgan fingerprint density at radius 2 is 1.86 bits per heavy atom. The SMILES string of the molecule is CCCCCCCC=CC(C)=CC=O. The number of hydrogen-bond acceptors (Lipinski definition) is 1. The van der Waals surface area contributed by atoms with Crippen molar-refractivity contribution >= 4 is 6.29 Å². The number of aldehydes is 1. The molecule has 0 aliphatic heterocycles. The monoisotopic (exact) mass is 194 g/mol. The van der Waals surface area contributed by atoms with Crippen molar-refractivity contribution in [2.24, 2.45) is 0 Å². The van der Waals surface area contributed by atoms with Gasteiger partial charge in [0.1, 0.15) is 6.29 Å². The predicted molar refractivity (Wildman–Crippen MR) is 62.3 cm³/mol. The highest BCUT2D eigenvalue weighted by Gasteiger charge is 1.86. The van der Waals surface area contributed by atoms with Gasteiger partial charge >= 0.3 is 0 Å². The van der Waals surface area contributed by atoms with Crippen molar-refractivity contribution in [2.45, 2.75) is 52.4 Å². The minimum absolute atomic E-state index is 0.834. The Bertz CT molecular complexity index is 189. The van der Waals surface area contributed by atoms with E-state index in [1.807, 2.05) is 13.0 Å². The van der Waals surface area contributed by atoms with Crippen LogP contribution < -0.4 is 0 Å². The van der Waals surface area contributed by atoms with Gasteiger partial charge in [0, 0.05) is 0 Å². The van der Waals surface area contributed by atoms with E-state index in [1.54, 1.807) is 6.08 Å². The van der Waals surface area contributed by atoms with Gasteiger partial charge in [-0.15, -0.1) is 0 Å². The Morgan fingerprint density at radius 1 is 1.14 bits per heavy atom. The zero-order valence-electron chi connectivity index (χ0n) is 9.46. The number of unbranched alkanes of at least 4 members (excludes halogenated alkanes) is 5. The maximum Gasteiger partial charge on any atom is 0.143 e. The molecule has 0 aromatic rings. The van der Waals surface area contributed by atoms with Crippen LogP contribution in [0.15, 0.2) is 23.8 Å². The molecule has 1 nitrogen and oxygen atoms in total. The first-order chi connectivity index (χ1) is 6.81. The van der Waals surface area contributed by atoms with Gasteiger partial charge < -0.3 is 0 Å². The Hall–Kier alpha value is -0.850. The fourth-order valence-electron chi connectivity index (χ4n) is 1.30. The second kappa shape index (κ2) is 10.2. The van der Waals surface area contributed by atoms with Crippen LogP contribution in [0.2, 0.25) is 0 Å². The molecule has 0 rings (SSSR count). The third-order valence-electron chi connectivity index (χ3n) is 2.19. The minimum Gasteiger partial charge on any atom is -0.299 e. The average Bonchev–Trinajstić information content (AvgIpc) is 2.17. The summed E-state index contributed by atoms with van der Waals surface area (Å²) < 4.78 is 0. The van der Waals surface area contributed by atoms with E-state index in [2.05, 4.69) is 13.0 Å². The third-order valence-corrected chi connectivity index (χ3v) is 2.19. The van der Waals surface area contributed by atoms with E-state index in [9.17, 15) is 4.79 Å². The molecule has 0 heterocycles. The second-order valence-electron chi connectivity index (χ2n) is 3.65. The van der Waals surface area contributed by atoms with Crippen molar-refractivity contribution in [2.75, 3.05) is 0 Å². The first kappa shape index (κ1) is 13.2. The van der Waals surface area contributed by atoms with E-state index in [4.69, 9.17) is 0 Å². The van der Waals surface area contributed by atoms with Gasteiger partial charge in [-0.05, 0) is 31.4 Å². The van der Waals surface area contributed by atoms with E-state index in [-0.39, 0.29) is 0 Å². The molecule has 0 saturated heterocycles. The summed E-state index contributed by atoms with van der Waals surface area (Å²) in [5.74, 6) is 0. The lowest BCUT2D eigenvalue weighted by Gasteiger charge is -1.96. The second-order valence-corrected chi connectivity index (χ2v) is 3.65. The third kappa shape index (κ3) is 9.24. The van der Waals surface area contributed by atoms with Crippen molar-refractivity contribution in [3.05, 3.63) is 23.8 Å². The number of rotatable bonds is 8. The van der Waals surface area contributed by atoms with Crippen LogP contribution in [0.4, 0.5) is 0 Å². The lowest BCUT2D eigenvalue weighted by molar-refractivity contribution is -0.104. The van der Waals surface area contributed by atoms with Gasteiger partial charge in [-0.25, -0.2) is 0 Å². The smallest absolute Gasteiger partial charge is 0.143 e. The molecule has 0 fully saturated rings. The largest absolute Gasteiger partial charge is 0.299 e. The van der Waals surface area contributed by atoms with Gasteiger partial charge in [-0.1, -0.05) is 44.8 Å². The molecule has 80 valence electrons. The quantitative estimate of drug-likeness (QED) is 0.246. The summed E-state index contributed by atoms with van der Waals surface area (Å²) in [5.41, 5.74) is 1.04. The van der Waals surface area contributed by atoms with E-state index < -0.39 is 0 Å². The summed E-state index contributed by atoms with van der Waals surface area (Å²) >= 11 is 0. The maximum absolute atomic E-state index is 10.1. The van der Waals surface area contributed by atoms with Crippen LogP contribution in [0.25, 0.3) is 0 Å². The summed E-state index contributed by atoms with van der Waals surface area (Å²) in [6.07, 6.45) is 14.3. The molecule has 0 aliphatic rings. The van der Waals surface area contributed by atoms with Crippen LogP contribution in [-0.4, -0.2) is 6.29 Å². The lowest BCUT2D eigenvalue weighted by atomic mass is 10.1. The molecule has 0 radical (unpaired) electrons. The number of carbonyl (C=O) groups excluding carboxylic acids is 1. The highest BCUT2D eigenvalue weighted by molar-refractivity contribution is 5.66. The Balaban J connectivity index is 3.35. The van der Waals surface area contributed by atoms with Crippen molar-refractivity contribution in [3.63, 3.8) is 0 Å². The van der Waals surface area contributed by atoms with E-state index in [0.29, 0.717) is 0 Å². The first-order valence-corrected chi connectivity index (χ1v) is 5.60. The summed E-state index contributed by atoms with van der Waals surface area (Å²) in [7, 11) is 0. The van der Waals surface area contributed by atoms with Gasteiger partial charge in [0.05, 0.1) is 0 Å². The van der Waals surface area contributed by atoms with Crippen molar-refractivity contribution < 1.29 is 4.79 Å². The molecule has 0 aromatic heterocycles. The van der Waals surface area contributed by atoms with E-state index in [0.717, 1.165) is 18.3 Å². The van der Waals surface area contributed by atoms with E-state index >= 15 is 0 Å². The van der Waals surface area contributed by atoms with Crippen LogP contribution in [0, 0.1) is 0 Å². The minimum atomic E-state index is 0.834. The van der Waals surface area contributed by atoms with Gasteiger partial charge in [0.25, 0.3) is 0 Å². The van der Waals surface area contributed by atoms with Crippen LogP contribution >= 0.6 is 0 Å². The summed E-state index contributed by atoms with van der Waals surface area (Å²) in [6, 6.07) is 0. The lowest BCUT2D eigenvalue weighted by Crippen LogP contribution is -1.76. The zero-order chi connectivity index (χ0) is 10.6. The van der Waals surface area contributed by atoms with Gasteiger partial charge in [-0.3, -0.25) is 4.79 Å². The van der Waals surface area contributed by atoms with Crippen LogP contribution in [0.5, 0.6) is 0 Å². The van der Waals surface area contributed by atoms with E-state index in [1.165, 1.54) is 32.1 Å². The molecule has 0 N–H and O–H groups in total. The molecule has 14 heavy (non-hydrogen) atoms. The molecule has 0 bridgehead atoms. The standard InChI is InChI=1S/C13H22O/c1-3-4-5-6-7-8-9-10-13(2)11-12-14/h9-12H,3-8H2,1-2H3. The molecule has 0 unspecified atom stereocenters. The molecule has 0 aliphatic carbocycles. The van der Waals surface area contributed by atoms with Gasteiger partial charge in [0.15, 0.2) is 0 Å². The van der Waals surface area contributed by atoms with Crippen LogP contribution in [0.1, 0.15) is 52.4 Å². The Morgan fingerprint density at radius 3 is 2.50 bits per heavy atom. The topological polar surface area (TPSA) is 17.1 Å². The molecule has 0 aromatic carbocycles. The highest BCUT2D eigenvalue weighted by Crippen LogP contribution is 2.06. The molecular weight excluding hydrogens is 172 g/mol. The predicted octanol–water partition coefficient (Wildman–Crippen LogP) is 4.05. The molecule has 1 heteroatoms. The molecular formula is C13H22O. The summed E-state index contributed by atoms with van der Waals surface area (Å²) in [4.78, 5) is 10.1. The van der Waals surface area contributed by atoms with Crippen molar-refractivity contribution in [3.8, 4) is 0 Å². The van der Waals surface area contributed by atoms with Gasteiger partial charge in [-0.2, -0.15) is 0 Å². The normalized spacial score (nSPS) is 12.3. The molecule has 0 saturated carbocycles. The number of allylic oxidation sites excluding steroid dienone is 4. The maximum atomic E-state index is 10.1. The fourth-order valence-corrected chi connectivity index (χ4v) is 1.30. The van der Waals surface area contributed by atoms with Crippen molar-refractivity contribution in [1.29, 1.82) is 0 Å². The fraction of sp³-hybridized carbons (Fsp3) is 0.615. The molecule has 0 spiro atoms.